The molecule has 3 nitrogen and oxygen atoms in total. The normalized spacial score (nSPS) is 37.5. The molecule has 0 N–H and O–H groups in total. The van der Waals surface area contributed by atoms with Gasteiger partial charge >= 0.3 is 104 Å². The van der Waals surface area contributed by atoms with Gasteiger partial charge in [0.05, 0.1) is 0 Å². The number of allylic oxidation sites excluding steroid dienone is 1. The van der Waals surface area contributed by atoms with Gasteiger partial charge in [0.25, 0.3) is 0 Å². The number of carbonyl (C=O) groups excluding carboxylic acids is 1. The van der Waals surface area contributed by atoms with Crippen molar-refractivity contribution in [3.63, 3.8) is 0 Å². The van der Waals surface area contributed by atoms with Crippen LogP contribution in [-0.2, 0) is 37.2 Å². The molecule has 0 aliphatic heterocycles. The van der Waals surface area contributed by atoms with Crippen molar-refractivity contribution in [3.8, 4) is 0 Å². The van der Waals surface area contributed by atoms with E-state index in [0.717, 1.165) is 5.92 Å². The fourth-order valence-electron chi connectivity index (χ4n) is 2.84. The van der Waals surface area contributed by atoms with Gasteiger partial charge in [-0.15, -0.1) is 0 Å². The first-order valence-corrected chi connectivity index (χ1v) is 11.0. The second-order valence-corrected chi connectivity index (χ2v) is 11.0. The molecule has 0 spiro atoms. The maximum atomic E-state index is 10.8. The van der Waals surface area contributed by atoms with Gasteiger partial charge in [0.15, 0.2) is 0 Å². The number of methoxy groups -OCH3 is 1. The maximum absolute atomic E-state index is 10.8. The summed E-state index contributed by atoms with van der Waals surface area (Å²) in [5, 5.41) is 0. The number of ether oxygens (including phenoxy) is 1. The Labute approximate surface area is 103 Å². The summed E-state index contributed by atoms with van der Waals surface area (Å²) >= 11 is -1.49. The molecule has 0 amide bonds. The van der Waals surface area contributed by atoms with Gasteiger partial charge in [-0.2, -0.15) is 0 Å². The molecule has 0 aromatic heterocycles. The number of rotatable bonds is 3. The Morgan fingerprint density at radius 2 is 2.20 bits per heavy atom. The zero-order valence-corrected chi connectivity index (χ0v) is 14.8. The van der Waals surface area contributed by atoms with Crippen LogP contribution in [0.4, 0.5) is 0 Å². The minimum atomic E-state index is -1.49. The van der Waals surface area contributed by atoms with Gasteiger partial charge in [0.1, 0.15) is 0 Å². The summed E-state index contributed by atoms with van der Waals surface area (Å²) < 4.78 is 11.5. The summed E-state index contributed by atoms with van der Waals surface area (Å²) in [4.78, 5) is 10.8. The van der Waals surface area contributed by atoms with Gasteiger partial charge in [-0.25, -0.2) is 0 Å². The van der Waals surface area contributed by atoms with E-state index >= 15 is 0 Å². The Morgan fingerprint density at radius 3 is 2.87 bits per heavy atom. The number of hydrogen-bond donors (Lipinski definition) is 0. The van der Waals surface area contributed by atoms with E-state index in [4.69, 9.17) is 7.38 Å². The van der Waals surface area contributed by atoms with Crippen molar-refractivity contribution < 1.29 is 37.2 Å². The summed E-state index contributed by atoms with van der Waals surface area (Å²) in [6.07, 6.45) is 7.22. The fraction of sp³-hybridized carbons (Fsp3) is 0.727. The summed E-state index contributed by atoms with van der Waals surface area (Å²) in [5.74, 6) is 1.27. The molecule has 0 saturated heterocycles. The van der Waals surface area contributed by atoms with Crippen molar-refractivity contribution in [2.45, 2.75) is 29.3 Å². The molecule has 0 heterocycles. The molecule has 2 aliphatic carbocycles. The number of hydrogen-bond acceptors (Lipinski definition) is 3. The third kappa shape index (κ3) is 2.62. The second kappa shape index (κ2) is 4.96. The Bertz CT molecular complexity index is 277. The predicted molar refractivity (Wildman–Crippen MR) is 51.7 cm³/mol. The van der Waals surface area contributed by atoms with E-state index in [9.17, 15) is 4.79 Å². The van der Waals surface area contributed by atoms with E-state index in [2.05, 4.69) is 12.2 Å². The molecule has 1 fully saturated rings. The average molecular weight is 397 g/mol. The van der Waals surface area contributed by atoms with E-state index in [1.807, 2.05) is 0 Å². The minimum absolute atomic E-state index is 0.0833. The molecule has 2 rings (SSSR count). The third-order valence-electron chi connectivity index (χ3n) is 3.55. The molecule has 0 aromatic carbocycles. The van der Waals surface area contributed by atoms with Gasteiger partial charge in [0.2, 0.25) is 0 Å². The molecule has 0 aromatic rings. The van der Waals surface area contributed by atoms with Crippen molar-refractivity contribution in [2.75, 3.05) is 7.11 Å². The van der Waals surface area contributed by atoms with Gasteiger partial charge in [-0.05, 0) is 0 Å². The first-order chi connectivity index (χ1) is 7.20. The van der Waals surface area contributed by atoms with E-state index in [0.29, 0.717) is 9.34 Å². The Morgan fingerprint density at radius 1 is 1.40 bits per heavy atom. The van der Waals surface area contributed by atoms with Crippen LogP contribution >= 0.6 is 0 Å². The molecular formula is C11H16HgO3. The molecule has 2 bridgehead atoms. The summed E-state index contributed by atoms with van der Waals surface area (Å²) in [7, 11) is 1.77. The van der Waals surface area contributed by atoms with Crippen LogP contribution in [0, 0.1) is 11.8 Å². The zero-order chi connectivity index (χ0) is 10.8. The molecule has 15 heavy (non-hydrogen) atoms. The third-order valence-corrected chi connectivity index (χ3v) is 11.1. The van der Waals surface area contributed by atoms with Crippen molar-refractivity contribution in [2.24, 2.45) is 11.8 Å². The van der Waals surface area contributed by atoms with E-state index in [-0.39, 0.29) is 12.1 Å². The van der Waals surface area contributed by atoms with Crippen molar-refractivity contribution in [3.05, 3.63) is 12.2 Å². The van der Waals surface area contributed by atoms with Gasteiger partial charge in [-0.1, -0.05) is 0 Å². The predicted octanol–water partition coefficient (Wildman–Crippen LogP) is 1.95. The van der Waals surface area contributed by atoms with Crippen LogP contribution in [0.15, 0.2) is 12.2 Å². The summed E-state index contributed by atoms with van der Waals surface area (Å²) in [6.45, 7) is 1.52. The summed E-state index contributed by atoms with van der Waals surface area (Å²) in [5.41, 5.74) is 0. The van der Waals surface area contributed by atoms with Crippen molar-refractivity contribution >= 4 is 5.97 Å². The molecule has 0 unspecified atom stereocenters. The van der Waals surface area contributed by atoms with Crippen LogP contribution in [0.1, 0.15) is 19.8 Å². The van der Waals surface area contributed by atoms with Crippen LogP contribution in [0.2, 0.25) is 3.43 Å². The van der Waals surface area contributed by atoms with Crippen LogP contribution in [0.5, 0.6) is 0 Å². The molecule has 4 atom stereocenters. The standard InChI is InChI=1S/C9H13O.C2H4O2.Hg/c1-10-9-5-3-7-2-4-8(9)6-7;1-2(3)4;/h3-5,7-9H,2,6H2,1H3;1H3,(H,3,4);/q;;+1/p-1/t7-,8-,9+;;/m0../s1. The summed E-state index contributed by atoms with van der Waals surface area (Å²) in [6, 6.07) is 0. The molecule has 0 radical (unpaired) electrons. The Balaban J connectivity index is 1.95. The molecule has 1 saturated carbocycles. The van der Waals surface area contributed by atoms with Gasteiger partial charge < -0.3 is 0 Å². The Kier molecular flexibility index (Phi) is 3.83. The van der Waals surface area contributed by atoms with Crippen LogP contribution in [0.3, 0.4) is 0 Å². The SMILES string of the molecule is CO[C@@H]1C=C[C@H]2C[C@@H]1[C@@H]([Hg][O]C(C)=O)C2. The number of carbonyl (C=O) groups is 1. The molecular weight excluding hydrogens is 381 g/mol. The molecule has 80 valence electrons. The quantitative estimate of drug-likeness (QED) is 0.540. The first-order valence-electron chi connectivity index (χ1n) is 5.55. The Hall–Kier alpha value is 0.105. The van der Waals surface area contributed by atoms with Crippen LogP contribution in [0.25, 0.3) is 0 Å². The zero-order valence-electron chi connectivity index (χ0n) is 9.31. The van der Waals surface area contributed by atoms with E-state index in [1.165, 1.54) is 19.8 Å². The monoisotopic (exact) mass is 398 g/mol. The van der Waals surface area contributed by atoms with Crippen LogP contribution < -0.4 is 0 Å². The van der Waals surface area contributed by atoms with E-state index in [1.54, 1.807) is 7.11 Å². The second-order valence-electron chi connectivity index (χ2n) is 4.54. The topological polar surface area (TPSA) is 35.5 Å². The van der Waals surface area contributed by atoms with Crippen molar-refractivity contribution in [1.82, 2.24) is 0 Å². The van der Waals surface area contributed by atoms with E-state index < -0.39 is 25.0 Å². The number of fused-ring (bicyclic) bond motifs is 2. The van der Waals surface area contributed by atoms with Gasteiger partial charge in [0, 0.05) is 0 Å². The first kappa shape index (κ1) is 11.6. The molecule has 4 heteroatoms. The van der Waals surface area contributed by atoms with Crippen molar-refractivity contribution in [1.29, 1.82) is 0 Å². The van der Waals surface area contributed by atoms with Gasteiger partial charge in [-0.3, -0.25) is 0 Å². The van der Waals surface area contributed by atoms with Crippen LogP contribution in [-0.4, -0.2) is 19.2 Å². The fourth-order valence-corrected chi connectivity index (χ4v) is 9.53. The average Bonchev–Trinajstić information content (AvgIpc) is 2.54. The molecule has 2 aliphatic rings.